The van der Waals surface area contributed by atoms with E-state index in [1.54, 1.807) is 25.7 Å². The summed E-state index contributed by atoms with van der Waals surface area (Å²) < 4.78 is 51.4. The maximum Gasteiger partial charge on any atom is 0.471 e. The Morgan fingerprint density at radius 3 is 2.24 bits per heavy atom. The van der Waals surface area contributed by atoms with Gasteiger partial charge in [0.2, 0.25) is 0 Å². The van der Waals surface area contributed by atoms with Crippen LogP contribution in [0.15, 0.2) is 30.3 Å². The molecule has 1 aliphatic carbocycles. The van der Waals surface area contributed by atoms with Gasteiger partial charge in [-0.2, -0.15) is 13.2 Å². The third kappa shape index (κ3) is 6.40. The summed E-state index contributed by atoms with van der Waals surface area (Å²) in [6.45, 7) is 6.16. The van der Waals surface area contributed by atoms with E-state index in [9.17, 15) is 22.8 Å². The van der Waals surface area contributed by atoms with E-state index in [2.05, 4.69) is 0 Å². The molecule has 2 aliphatic rings. The number of alkyl halides is 3. The maximum absolute atomic E-state index is 13.5. The van der Waals surface area contributed by atoms with Gasteiger partial charge in [-0.3, -0.25) is 4.79 Å². The SMILES string of the molecule is COCC1(CN(C(=O)C(F)(F)F)[C@@H]2C[C@H]2c2ccccc2)CCN(C(=O)OC(C)(C)C)CC1. The quantitative estimate of drug-likeness (QED) is 0.610. The third-order valence-corrected chi connectivity index (χ3v) is 6.32. The van der Waals surface area contributed by atoms with E-state index in [-0.39, 0.29) is 19.1 Å². The molecule has 1 aliphatic heterocycles. The van der Waals surface area contributed by atoms with Crippen molar-refractivity contribution in [3.05, 3.63) is 35.9 Å². The molecule has 1 saturated heterocycles. The van der Waals surface area contributed by atoms with Crippen molar-refractivity contribution >= 4 is 12.0 Å². The third-order valence-electron chi connectivity index (χ3n) is 6.32. The van der Waals surface area contributed by atoms with Gasteiger partial charge in [-0.1, -0.05) is 30.3 Å². The highest BCUT2D eigenvalue weighted by molar-refractivity contribution is 5.82. The van der Waals surface area contributed by atoms with Crippen LogP contribution in [0.4, 0.5) is 18.0 Å². The van der Waals surface area contributed by atoms with Gasteiger partial charge in [-0.05, 0) is 45.6 Å². The predicted molar refractivity (Wildman–Crippen MR) is 117 cm³/mol. The van der Waals surface area contributed by atoms with Gasteiger partial charge < -0.3 is 19.3 Å². The number of hydrogen-bond donors (Lipinski definition) is 0. The molecule has 0 unspecified atom stereocenters. The molecule has 0 radical (unpaired) electrons. The highest BCUT2D eigenvalue weighted by atomic mass is 19.4. The number of carbonyl (C=O) groups excluding carboxylic acids is 2. The molecule has 1 saturated carbocycles. The summed E-state index contributed by atoms with van der Waals surface area (Å²) in [5, 5.41) is 0. The van der Waals surface area contributed by atoms with Crippen molar-refractivity contribution in [3.63, 3.8) is 0 Å². The molecular weight excluding hydrogens is 437 g/mol. The Morgan fingerprint density at radius 2 is 1.73 bits per heavy atom. The lowest BCUT2D eigenvalue weighted by Gasteiger charge is -2.44. The minimum Gasteiger partial charge on any atom is -0.444 e. The Labute approximate surface area is 193 Å². The minimum absolute atomic E-state index is 0.0602. The lowest BCUT2D eigenvalue weighted by atomic mass is 9.78. The van der Waals surface area contributed by atoms with Gasteiger partial charge in [0.1, 0.15) is 5.60 Å². The number of hydrogen-bond acceptors (Lipinski definition) is 4. The number of benzene rings is 1. The van der Waals surface area contributed by atoms with Gasteiger partial charge in [-0.15, -0.1) is 0 Å². The number of carbonyl (C=O) groups is 2. The average molecular weight is 471 g/mol. The Hall–Kier alpha value is -2.29. The van der Waals surface area contributed by atoms with E-state index in [1.807, 2.05) is 30.3 Å². The molecule has 0 N–H and O–H groups in total. The van der Waals surface area contributed by atoms with Crippen molar-refractivity contribution in [1.82, 2.24) is 9.80 Å². The first kappa shape index (κ1) is 25.3. The molecule has 2 fully saturated rings. The molecular formula is C24H33F3N2O4. The molecule has 9 heteroatoms. The monoisotopic (exact) mass is 470 g/mol. The number of methoxy groups -OCH3 is 1. The van der Waals surface area contributed by atoms with Gasteiger partial charge in [-0.25, -0.2) is 4.79 Å². The smallest absolute Gasteiger partial charge is 0.444 e. The number of nitrogens with zero attached hydrogens (tertiary/aromatic N) is 2. The van der Waals surface area contributed by atoms with E-state index in [0.717, 1.165) is 10.5 Å². The second kappa shape index (κ2) is 9.52. The van der Waals surface area contributed by atoms with Crippen molar-refractivity contribution < 1.29 is 32.2 Å². The average Bonchev–Trinajstić information content (AvgIpc) is 3.52. The largest absolute Gasteiger partial charge is 0.471 e. The normalized spacial score (nSPS) is 22.6. The molecule has 0 aromatic heterocycles. The zero-order chi connectivity index (χ0) is 24.4. The van der Waals surface area contributed by atoms with Crippen LogP contribution >= 0.6 is 0 Å². The lowest BCUT2D eigenvalue weighted by molar-refractivity contribution is -0.188. The minimum atomic E-state index is -4.95. The Morgan fingerprint density at radius 1 is 1.12 bits per heavy atom. The molecule has 1 aromatic rings. The van der Waals surface area contributed by atoms with Crippen molar-refractivity contribution in [2.24, 2.45) is 5.41 Å². The van der Waals surface area contributed by atoms with Gasteiger partial charge in [0, 0.05) is 44.1 Å². The van der Waals surface area contributed by atoms with Crippen LogP contribution < -0.4 is 0 Å². The van der Waals surface area contributed by atoms with Crippen LogP contribution in [0.1, 0.15) is 51.5 Å². The van der Waals surface area contributed by atoms with Crippen LogP contribution in [-0.4, -0.2) is 73.0 Å². The van der Waals surface area contributed by atoms with Crippen LogP contribution in [0.3, 0.4) is 0 Å². The first-order valence-corrected chi connectivity index (χ1v) is 11.2. The van der Waals surface area contributed by atoms with E-state index in [0.29, 0.717) is 32.4 Å². The molecule has 3 rings (SSSR count). The van der Waals surface area contributed by atoms with E-state index in [1.165, 1.54) is 7.11 Å². The van der Waals surface area contributed by atoms with Crippen molar-refractivity contribution in [2.45, 2.75) is 63.8 Å². The summed E-state index contributed by atoms with van der Waals surface area (Å²) in [7, 11) is 1.50. The number of amides is 2. The van der Waals surface area contributed by atoms with Gasteiger partial charge in [0.25, 0.3) is 0 Å². The van der Waals surface area contributed by atoms with E-state index in [4.69, 9.17) is 9.47 Å². The van der Waals surface area contributed by atoms with Crippen LogP contribution in [0.25, 0.3) is 0 Å². The molecule has 1 aromatic carbocycles. The molecule has 2 amide bonds. The summed E-state index contributed by atoms with van der Waals surface area (Å²) in [5.74, 6) is -1.92. The van der Waals surface area contributed by atoms with Crippen LogP contribution in [0.5, 0.6) is 0 Å². The van der Waals surface area contributed by atoms with Crippen LogP contribution in [-0.2, 0) is 14.3 Å². The van der Waals surface area contributed by atoms with Gasteiger partial charge in [0.05, 0.1) is 6.61 Å². The second-order valence-corrected chi connectivity index (χ2v) is 10.2. The zero-order valence-corrected chi connectivity index (χ0v) is 19.7. The molecule has 1 heterocycles. The zero-order valence-electron chi connectivity index (χ0n) is 19.7. The highest BCUT2D eigenvalue weighted by Crippen LogP contribution is 2.47. The van der Waals surface area contributed by atoms with Crippen molar-refractivity contribution in [2.75, 3.05) is 33.4 Å². The summed E-state index contributed by atoms with van der Waals surface area (Å²) >= 11 is 0. The molecule has 6 nitrogen and oxygen atoms in total. The summed E-state index contributed by atoms with van der Waals surface area (Å²) in [6, 6.07) is 8.81. The Balaban J connectivity index is 1.75. The molecule has 0 spiro atoms. The molecule has 2 atom stereocenters. The number of halogens is 3. The standard InChI is InChI=1S/C24H33F3N2O4/c1-22(2,3)33-21(31)28-12-10-23(11-13-28,16-32-4)15-29(20(30)24(25,26)27)19-14-18(19)17-8-6-5-7-9-17/h5-9,18-19H,10-16H2,1-4H3/t18-,19+/m0/s1. The van der Waals surface area contributed by atoms with Gasteiger partial charge >= 0.3 is 18.2 Å². The Bertz CT molecular complexity index is 830. The molecule has 33 heavy (non-hydrogen) atoms. The topological polar surface area (TPSA) is 59.1 Å². The first-order valence-electron chi connectivity index (χ1n) is 11.2. The fourth-order valence-electron chi connectivity index (χ4n) is 4.59. The summed E-state index contributed by atoms with van der Waals surface area (Å²) in [4.78, 5) is 27.4. The number of likely N-dealkylation sites (tertiary alicyclic amines) is 1. The lowest BCUT2D eigenvalue weighted by Crippen LogP contribution is -2.54. The number of piperidine rings is 1. The fourth-order valence-corrected chi connectivity index (χ4v) is 4.59. The maximum atomic E-state index is 13.5. The van der Waals surface area contributed by atoms with Crippen LogP contribution in [0.2, 0.25) is 0 Å². The highest BCUT2D eigenvalue weighted by Gasteiger charge is 2.54. The van der Waals surface area contributed by atoms with Crippen molar-refractivity contribution in [1.29, 1.82) is 0 Å². The predicted octanol–water partition coefficient (Wildman–Crippen LogP) is 4.60. The van der Waals surface area contributed by atoms with Crippen molar-refractivity contribution in [3.8, 4) is 0 Å². The Kier molecular flexibility index (Phi) is 7.31. The molecule has 0 bridgehead atoms. The molecule has 184 valence electrons. The second-order valence-electron chi connectivity index (χ2n) is 10.2. The van der Waals surface area contributed by atoms with Gasteiger partial charge in [0.15, 0.2) is 0 Å². The number of ether oxygens (including phenoxy) is 2. The first-order chi connectivity index (χ1) is 15.4. The number of rotatable bonds is 6. The van der Waals surface area contributed by atoms with E-state index >= 15 is 0 Å². The van der Waals surface area contributed by atoms with Crippen LogP contribution in [0, 0.1) is 5.41 Å². The van der Waals surface area contributed by atoms with E-state index < -0.39 is 35.2 Å². The summed E-state index contributed by atoms with van der Waals surface area (Å²) in [5.41, 5.74) is -0.368. The summed E-state index contributed by atoms with van der Waals surface area (Å²) in [6.07, 6.45) is -4.05. The fraction of sp³-hybridized carbons (Fsp3) is 0.667.